The lowest BCUT2D eigenvalue weighted by Crippen LogP contribution is -2.50. The van der Waals surface area contributed by atoms with Gasteiger partial charge in [0.1, 0.15) is 0 Å². The number of amides is 1. The fourth-order valence-corrected chi connectivity index (χ4v) is 4.11. The van der Waals surface area contributed by atoms with Crippen LogP contribution in [0.5, 0.6) is 11.5 Å². The summed E-state index contributed by atoms with van der Waals surface area (Å²) in [5, 5.41) is 0. The van der Waals surface area contributed by atoms with Gasteiger partial charge in [0.05, 0.1) is 6.54 Å². The zero-order chi connectivity index (χ0) is 17.9. The summed E-state index contributed by atoms with van der Waals surface area (Å²) in [5.74, 6) is 2.64. The number of rotatable bonds is 4. The van der Waals surface area contributed by atoms with Crippen molar-refractivity contribution in [2.75, 3.05) is 52.6 Å². The van der Waals surface area contributed by atoms with Gasteiger partial charge >= 0.3 is 0 Å². The highest BCUT2D eigenvalue weighted by Crippen LogP contribution is 2.32. The molecule has 0 spiro atoms. The number of ether oxygens (including phenoxy) is 2. The van der Waals surface area contributed by atoms with E-state index >= 15 is 0 Å². The number of likely N-dealkylation sites (tertiary alicyclic amines) is 1. The maximum absolute atomic E-state index is 12.5. The predicted molar refractivity (Wildman–Crippen MR) is 99.3 cm³/mol. The quantitative estimate of drug-likeness (QED) is 0.820. The molecule has 1 atom stereocenters. The molecule has 26 heavy (non-hydrogen) atoms. The van der Waals surface area contributed by atoms with Crippen LogP contribution in [0, 0.1) is 5.92 Å². The van der Waals surface area contributed by atoms with Gasteiger partial charge in [-0.3, -0.25) is 14.6 Å². The van der Waals surface area contributed by atoms with E-state index in [1.54, 1.807) is 0 Å². The first-order valence-electron chi connectivity index (χ1n) is 9.78. The number of carbonyl (C=O) groups excluding carboxylic acids is 1. The Balaban J connectivity index is 1.23. The van der Waals surface area contributed by atoms with E-state index in [-0.39, 0.29) is 0 Å². The Morgan fingerprint density at radius 2 is 1.85 bits per heavy atom. The highest BCUT2D eigenvalue weighted by Gasteiger charge is 2.25. The number of fused-ring (bicyclic) bond motifs is 1. The van der Waals surface area contributed by atoms with E-state index < -0.39 is 0 Å². The van der Waals surface area contributed by atoms with Gasteiger partial charge in [-0.15, -0.1) is 0 Å². The molecule has 3 aliphatic rings. The molecule has 142 valence electrons. The van der Waals surface area contributed by atoms with Gasteiger partial charge in [-0.05, 0) is 36.5 Å². The van der Waals surface area contributed by atoms with Gasteiger partial charge in [-0.2, -0.15) is 0 Å². The SMILES string of the molecule is C[C@@H]1CCCN(C(=O)CN2CCN(Cc3ccc4c(c3)OCO4)CC2)C1. The van der Waals surface area contributed by atoms with Gasteiger partial charge in [0.15, 0.2) is 11.5 Å². The molecule has 3 heterocycles. The number of piperazine rings is 1. The third kappa shape index (κ3) is 4.13. The fraction of sp³-hybridized carbons (Fsp3) is 0.650. The number of hydrogen-bond donors (Lipinski definition) is 0. The van der Waals surface area contributed by atoms with Crippen molar-refractivity contribution < 1.29 is 14.3 Å². The standard InChI is InChI=1S/C20H29N3O3/c1-16-3-2-6-23(12-16)20(24)14-22-9-7-21(8-10-22)13-17-4-5-18-19(11-17)26-15-25-18/h4-5,11,16H,2-3,6-10,12-15H2,1H3/t16-/m1/s1. The van der Waals surface area contributed by atoms with E-state index in [9.17, 15) is 4.79 Å². The van der Waals surface area contributed by atoms with Crippen LogP contribution in [0.15, 0.2) is 18.2 Å². The van der Waals surface area contributed by atoms with Crippen LogP contribution in [0.2, 0.25) is 0 Å². The molecule has 2 fully saturated rings. The largest absolute Gasteiger partial charge is 0.454 e. The Morgan fingerprint density at radius 1 is 1.08 bits per heavy atom. The Hall–Kier alpha value is -1.79. The lowest BCUT2D eigenvalue weighted by molar-refractivity contribution is -0.134. The van der Waals surface area contributed by atoms with E-state index in [4.69, 9.17) is 9.47 Å². The molecule has 0 N–H and O–H groups in total. The summed E-state index contributed by atoms with van der Waals surface area (Å²) in [5.41, 5.74) is 1.25. The van der Waals surface area contributed by atoms with Crippen LogP contribution in [-0.2, 0) is 11.3 Å². The van der Waals surface area contributed by atoms with E-state index in [1.165, 1.54) is 12.0 Å². The molecule has 1 aromatic rings. The van der Waals surface area contributed by atoms with Crippen molar-refractivity contribution in [2.45, 2.75) is 26.3 Å². The van der Waals surface area contributed by atoms with Crippen molar-refractivity contribution in [1.29, 1.82) is 0 Å². The molecule has 4 rings (SSSR count). The second kappa shape index (κ2) is 7.84. The molecule has 2 saturated heterocycles. The summed E-state index contributed by atoms with van der Waals surface area (Å²) in [6.45, 7) is 9.84. The van der Waals surface area contributed by atoms with Crippen LogP contribution in [0.3, 0.4) is 0 Å². The topological polar surface area (TPSA) is 45.3 Å². The van der Waals surface area contributed by atoms with Crippen LogP contribution in [-0.4, -0.2) is 73.2 Å². The molecule has 1 amide bonds. The molecule has 0 aliphatic carbocycles. The van der Waals surface area contributed by atoms with Crippen LogP contribution in [0.4, 0.5) is 0 Å². The fourth-order valence-electron chi connectivity index (χ4n) is 4.11. The minimum Gasteiger partial charge on any atom is -0.454 e. The normalized spacial score (nSPS) is 24.0. The minimum atomic E-state index is 0.306. The van der Waals surface area contributed by atoms with Crippen molar-refractivity contribution in [3.05, 3.63) is 23.8 Å². The Kier molecular flexibility index (Phi) is 5.31. The second-order valence-corrected chi connectivity index (χ2v) is 7.83. The first-order valence-corrected chi connectivity index (χ1v) is 9.78. The van der Waals surface area contributed by atoms with E-state index in [0.717, 1.165) is 63.7 Å². The zero-order valence-electron chi connectivity index (χ0n) is 15.7. The number of nitrogens with zero attached hydrogens (tertiary/aromatic N) is 3. The lowest BCUT2D eigenvalue weighted by atomic mass is 10.0. The minimum absolute atomic E-state index is 0.306. The van der Waals surface area contributed by atoms with Gasteiger partial charge in [0.2, 0.25) is 12.7 Å². The summed E-state index contributed by atoms with van der Waals surface area (Å²) in [6.07, 6.45) is 2.40. The highest BCUT2D eigenvalue weighted by molar-refractivity contribution is 5.78. The maximum atomic E-state index is 12.5. The third-order valence-electron chi connectivity index (χ3n) is 5.68. The molecular weight excluding hydrogens is 330 g/mol. The molecule has 0 unspecified atom stereocenters. The molecule has 0 radical (unpaired) electrons. The van der Waals surface area contributed by atoms with Gasteiger partial charge in [-0.25, -0.2) is 0 Å². The summed E-state index contributed by atoms with van der Waals surface area (Å²) in [7, 11) is 0. The van der Waals surface area contributed by atoms with Crippen molar-refractivity contribution >= 4 is 5.91 Å². The summed E-state index contributed by atoms with van der Waals surface area (Å²) < 4.78 is 10.8. The van der Waals surface area contributed by atoms with Gasteiger partial charge in [0.25, 0.3) is 0 Å². The molecular formula is C20H29N3O3. The summed E-state index contributed by atoms with van der Waals surface area (Å²) in [4.78, 5) is 19.3. The lowest BCUT2D eigenvalue weighted by Gasteiger charge is -2.37. The first-order chi connectivity index (χ1) is 12.7. The van der Waals surface area contributed by atoms with Crippen molar-refractivity contribution in [3.63, 3.8) is 0 Å². The number of carbonyl (C=O) groups is 1. The van der Waals surface area contributed by atoms with Gasteiger partial charge in [-0.1, -0.05) is 13.0 Å². The molecule has 3 aliphatic heterocycles. The van der Waals surface area contributed by atoms with E-state index in [1.807, 2.05) is 6.07 Å². The van der Waals surface area contributed by atoms with Gasteiger partial charge in [0, 0.05) is 45.8 Å². The third-order valence-corrected chi connectivity index (χ3v) is 5.68. The number of piperidine rings is 1. The molecule has 1 aromatic carbocycles. The van der Waals surface area contributed by atoms with Crippen molar-refractivity contribution in [2.24, 2.45) is 5.92 Å². The number of benzene rings is 1. The molecule has 0 bridgehead atoms. The van der Waals surface area contributed by atoms with E-state index in [2.05, 4.69) is 33.8 Å². The smallest absolute Gasteiger partial charge is 0.236 e. The Morgan fingerprint density at radius 3 is 2.65 bits per heavy atom. The molecule has 6 nitrogen and oxygen atoms in total. The van der Waals surface area contributed by atoms with Crippen LogP contribution in [0.1, 0.15) is 25.3 Å². The monoisotopic (exact) mass is 359 g/mol. The molecule has 0 saturated carbocycles. The average Bonchev–Trinajstić information content (AvgIpc) is 3.11. The first kappa shape index (κ1) is 17.6. The molecule has 0 aromatic heterocycles. The maximum Gasteiger partial charge on any atom is 0.236 e. The van der Waals surface area contributed by atoms with Crippen molar-refractivity contribution in [3.8, 4) is 11.5 Å². The van der Waals surface area contributed by atoms with Crippen LogP contribution >= 0.6 is 0 Å². The Labute approximate surface area is 155 Å². The predicted octanol–water partition coefficient (Wildman–Crippen LogP) is 1.79. The number of hydrogen-bond acceptors (Lipinski definition) is 5. The van der Waals surface area contributed by atoms with Crippen molar-refractivity contribution in [1.82, 2.24) is 14.7 Å². The highest BCUT2D eigenvalue weighted by atomic mass is 16.7. The zero-order valence-corrected chi connectivity index (χ0v) is 15.7. The van der Waals surface area contributed by atoms with Gasteiger partial charge < -0.3 is 14.4 Å². The van der Waals surface area contributed by atoms with Crippen LogP contribution < -0.4 is 9.47 Å². The van der Waals surface area contributed by atoms with Crippen LogP contribution in [0.25, 0.3) is 0 Å². The Bertz CT molecular complexity index is 643. The molecule has 6 heteroatoms. The van der Waals surface area contributed by atoms with E-state index in [0.29, 0.717) is 25.2 Å². The average molecular weight is 359 g/mol. The second-order valence-electron chi connectivity index (χ2n) is 7.83. The summed E-state index contributed by atoms with van der Waals surface area (Å²) in [6, 6.07) is 6.18. The summed E-state index contributed by atoms with van der Waals surface area (Å²) >= 11 is 0.